The minimum atomic E-state index is -1.44. The Morgan fingerprint density at radius 3 is 2.46 bits per heavy atom. The average molecular weight is 413 g/mol. The molecule has 2 aliphatic rings. The lowest BCUT2D eigenvalue weighted by Crippen LogP contribution is -2.38. The van der Waals surface area contributed by atoms with Gasteiger partial charge < -0.3 is 4.74 Å². The van der Waals surface area contributed by atoms with Gasteiger partial charge in [-0.1, -0.05) is 53.2 Å². The Labute approximate surface area is 159 Å². The third-order valence-electron chi connectivity index (χ3n) is 5.91. The highest BCUT2D eigenvalue weighted by atomic mass is 79.9. The number of fused-ring (bicyclic) bond motifs is 3. The van der Waals surface area contributed by atoms with Crippen molar-refractivity contribution in [2.24, 2.45) is 10.8 Å². The molecule has 1 fully saturated rings. The number of carbonyl (C=O) groups is 3. The fraction of sp³-hybridized carbons (Fsp3) is 0.286. The first-order valence-corrected chi connectivity index (χ1v) is 9.33. The summed E-state index contributed by atoms with van der Waals surface area (Å²) in [7, 11) is 0. The summed E-state index contributed by atoms with van der Waals surface area (Å²) in [5.41, 5.74) is -1.31. The Morgan fingerprint density at radius 1 is 1.15 bits per heavy atom. The molecule has 4 rings (SSSR count). The van der Waals surface area contributed by atoms with Gasteiger partial charge in [0.2, 0.25) is 0 Å². The predicted molar refractivity (Wildman–Crippen MR) is 99.1 cm³/mol. The van der Waals surface area contributed by atoms with Crippen LogP contribution in [0.4, 0.5) is 0 Å². The van der Waals surface area contributed by atoms with Crippen molar-refractivity contribution < 1.29 is 19.1 Å². The second-order valence-corrected chi connectivity index (χ2v) is 7.80. The van der Waals surface area contributed by atoms with Crippen LogP contribution in [0.1, 0.15) is 42.1 Å². The highest BCUT2D eigenvalue weighted by Crippen LogP contribution is 2.80. The van der Waals surface area contributed by atoms with Gasteiger partial charge in [0.25, 0.3) is 0 Å². The van der Waals surface area contributed by atoms with Gasteiger partial charge in [-0.25, -0.2) is 0 Å². The van der Waals surface area contributed by atoms with E-state index in [1.165, 1.54) is 6.92 Å². The molecular weight excluding hydrogens is 396 g/mol. The van der Waals surface area contributed by atoms with Gasteiger partial charge in [0, 0.05) is 21.5 Å². The standard InChI is InChI=1S/C21H17BrO4/c1-3-20(18(24)13-7-5-4-6-8-13)17-15-11-14(22)9-10-16(15)26-19(25)21(17,20)12(2)23/h4-11,17H,3H2,1-2H3/t17-,20+,21+/m1/s1. The van der Waals surface area contributed by atoms with Crippen molar-refractivity contribution in [3.63, 3.8) is 0 Å². The maximum atomic E-state index is 13.5. The summed E-state index contributed by atoms with van der Waals surface area (Å²) in [5.74, 6) is -1.18. The highest BCUT2D eigenvalue weighted by molar-refractivity contribution is 9.10. The topological polar surface area (TPSA) is 60.4 Å². The Balaban J connectivity index is 1.97. The molecule has 26 heavy (non-hydrogen) atoms. The van der Waals surface area contributed by atoms with Gasteiger partial charge >= 0.3 is 5.97 Å². The molecule has 1 saturated carbocycles. The molecular formula is C21H17BrO4. The molecule has 3 atom stereocenters. The fourth-order valence-corrected chi connectivity index (χ4v) is 5.19. The number of benzene rings is 2. The van der Waals surface area contributed by atoms with Crippen LogP contribution in [0.25, 0.3) is 0 Å². The predicted octanol–water partition coefficient (Wildman–Crippen LogP) is 4.32. The number of ether oxygens (including phenoxy) is 1. The summed E-state index contributed by atoms with van der Waals surface area (Å²) in [6.45, 7) is 3.24. The van der Waals surface area contributed by atoms with Gasteiger partial charge in [-0.15, -0.1) is 0 Å². The summed E-state index contributed by atoms with van der Waals surface area (Å²) in [5, 5.41) is 0. The van der Waals surface area contributed by atoms with Gasteiger partial charge in [0.15, 0.2) is 5.78 Å². The summed E-state index contributed by atoms with van der Waals surface area (Å²) < 4.78 is 6.33. The van der Waals surface area contributed by atoms with Crippen molar-refractivity contribution >= 4 is 33.5 Å². The molecule has 0 bridgehead atoms. The van der Waals surface area contributed by atoms with Crippen molar-refractivity contribution in [1.82, 2.24) is 0 Å². The number of carbonyl (C=O) groups excluding carboxylic acids is 3. The molecule has 5 heteroatoms. The molecule has 0 N–H and O–H groups in total. The third-order valence-corrected chi connectivity index (χ3v) is 6.40. The van der Waals surface area contributed by atoms with Crippen LogP contribution in [-0.4, -0.2) is 17.5 Å². The number of halogens is 1. The van der Waals surface area contributed by atoms with Crippen molar-refractivity contribution in [2.75, 3.05) is 0 Å². The van der Waals surface area contributed by atoms with E-state index in [9.17, 15) is 14.4 Å². The first-order valence-electron chi connectivity index (χ1n) is 8.54. The molecule has 0 amide bonds. The lowest BCUT2D eigenvalue weighted by atomic mass is 9.81. The van der Waals surface area contributed by atoms with Crippen LogP contribution >= 0.6 is 15.9 Å². The number of esters is 1. The second kappa shape index (κ2) is 5.61. The number of hydrogen-bond acceptors (Lipinski definition) is 4. The number of Topliss-reactive ketones (excluding diaryl/α,β-unsaturated/α-hetero) is 2. The summed E-state index contributed by atoms with van der Waals surface area (Å²) in [4.78, 5) is 39.2. The van der Waals surface area contributed by atoms with Gasteiger partial charge in [-0.05, 0) is 31.5 Å². The lowest BCUT2D eigenvalue weighted by molar-refractivity contribution is -0.148. The quantitative estimate of drug-likeness (QED) is 0.324. The van der Waals surface area contributed by atoms with Crippen LogP contribution in [0.2, 0.25) is 0 Å². The van der Waals surface area contributed by atoms with Crippen molar-refractivity contribution in [2.45, 2.75) is 26.2 Å². The zero-order chi connectivity index (χ0) is 18.7. The molecule has 0 radical (unpaired) electrons. The minimum Gasteiger partial charge on any atom is -0.425 e. The average Bonchev–Trinajstić information content (AvgIpc) is 3.30. The van der Waals surface area contributed by atoms with E-state index >= 15 is 0 Å². The maximum Gasteiger partial charge on any atom is 0.326 e. The first kappa shape index (κ1) is 17.2. The van der Waals surface area contributed by atoms with Crippen molar-refractivity contribution in [3.8, 4) is 5.75 Å². The molecule has 2 aromatic rings. The van der Waals surface area contributed by atoms with Crippen LogP contribution in [0.3, 0.4) is 0 Å². The first-order chi connectivity index (χ1) is 12.4. The number of hydrogen-bond donors (Lipinski definition) is 0. The molecule has 0 saturated heterocycles. The Bertz CT molecular complexity index is 952. The van der Waals surface area contributed by atoms with Crippen LogP contribution in [0, 0.1) is 10.8 Å². The van der Waals surface area contributed by atoms with E-state index in [-0.39, 0.29) is 11.6 Å². The van der Waals surface area contributed by atoms with Crippen LogP contribution in [-0.2, 0) is 9.59 Å². The van der Waals surface area contributed by atoms with Gasteiger partial charge in [0.05, 0.1) is 5.41 Å². The van der Waals surface area contributed by atoms with E-state index < -0.39 is 22.7 Å². The molecule has 1 heterocycles. The zero-order valence-corrected chi connectivity index (χ0v) is 16.0. The number of ketones is 2. The molecule has 0 spiro atoms. The Morgan fingerprint density at radius 2 is 1.85 bits per heavy atom. The molecule has 0 aromatic heterocycles. The van der Waals surface area contributed by atoms with E-state index in [4.69, 9.17) is 4.74 Å². The summed E-state index contributed by atoms with van der Waals surface area (Å²) in [6, 6.07) is 14.2. The monoisotopic (exact) mass is 412 g/mol. The zero-order valence-electron chi connectivity index (χ0n) is 14.4. The van der Waals surface area contributed by atoms with Crippen molar-refractivity contribution in [1.29, 1.82) is 0 Å². The van der Waals surface area contributed by atoms with Gasteiger partial charge in [0.1, 0.15) is 16.9 Å². The molecule has 1 aliphatic carbocycles. The largest absolute Gasteiger partial charge is 0.425 e. The van der Waals surface area contributed by atoms with E-state index in [1.807, 2.05) is 19.1 Å². The van der Waals surface area contributed by atoms with Gasteiger partial charge in [-0.3, -0.25) is 14.4 Å². The van der Waals surface area contributed by atoms with E-state index in [1.54, 1.807) is 36.4 Å². The van der Waals surface area contributed by atoms with E-state index in [2.05, 4.69) is 15.9 Å². The SMILES string of the molecule is CC[C@@]1(C(=O)c2ccccc2)[C@H]2c3cc(Br)ccc3OC(=O)[C@]21C(C)=O. The second-order valence-electron chi connectivity index (χ2n) is 6.89. The number of rotatable bonds is 4. The smallest absolute Gasteiger partial charge is 0.326 e. The molecule has 4 nitrogen and oxygen atoms in total. The summed E-state index contributed by atoms with van der Waals surface area (Å²) >= 11 is 3.44. The van der Waals surface area contributed by atoms with E-state index in [0.717, 1.165) is 10.0 Å². The summed E-state index contributed by atoms with van der Waals surface area (Å²) in [6.07, 6.45) is 0.381. The fourth-order valence-electron chi connectivity index (χ4n) is 4.81. The third kappa shape index (κ3) is 1.87. The minimum absolute atomic E-state index is 0.175. The molecule has 132 valence electrons. The lowest BCUT2D eigenvalue weighted by Gasteiger charge is -2.22. The molecule has 2 aromatic carbocycles. The van der Waals surface area contributed by atoms with Crippen LogP contribution < -0.4 is 4.74 Å². The van der Waals surface area contributed by atoms with Gasteiger partial charge in [-0.2, -0.15) is 0 Å². The maximum absolute atomic E-state index is 13.5. The van der Waals surface area contributed by atoms with Crippen LogP contribution in [0.15, 0.2) is 53.0 Å². The highest BCUT2D eigenvalue weighted by Gasteiger charge is 2.87. The Hall–Kier alpha value is -2.27. The molecule has 0 unspecified atom stereocenters. The van der Waals surface area contributed by atoms with Crippen LogP contribution in [0.5, 0.6) is 5.75 Å². The normalized spacial score (nSPS) is 28.6. The van der Waals surface area contributed by atoms with E-state index in [0.29, 0.717) is 17.7 Å². The van der Waals surface area contributed by atoms with Crippen molar-refractivity contribution in [3.05, 3.63) is 64.1 Å². The Kier molecular flexibility index (Phi) is 3.70. The molecule has 1 aliphatic heterocycles.